The van der Waals surface area contributed by atoms with E-state index in [0.717, 1.165) is 0 Å². The maximum Gasteiger partial charge on any atom is 0.326 e. The summed E-state index contributed by atoms with van der Waals surface area (Å²) >= 11 is 0. The van der Waals surface area contributed by atoms with E-state index in [0.29, 0.717) is 6.42 Å². The summed E-state index contributed by atoms with van der Waals surface area (Å²) in [6.07, 6.45) is -0.857. The Bertz CT molecular complexity index is 1000. The van der Waals surface area contributed by atoms with Crippen molar-refractivity contribution in [2.75, 3.05) is 13.1 Å². The highest BCUT2D eigenvalue weighted by molar-refractivity contribution is 5.96. The van der Waals surface area contributed by atoms with Crippen LogP contribution < -0.4 is 37.6 Å². The largest absolute Gasteiger partial charge is 0.480 e. The number of hydrogen-bond donors (Lipinski definition) is 9. The number of rotatable bonds is 18. The number of aliphatic hydroxyl groups excluding tert-OH is 1. The van der Waals surface area contributed by atoms with E-state index < -0.39 is 96.1 Å². The maximum atomic E-state index is 13.1. The summed E-state index contributed by atoms with van der Waals surface area (Å²) in [6.45, 7) is 11.7. The molecular weight excluding hydrogens is 566 g/mol. The van der Waals surface area contributed by atoms with Gasteiger partial charge in [-0.15, -0.1) is 0 Å². The van der Waals surface area contributed by atoms with Crippen molar-refractivity contribution in [3.05, 3.63) is 0 Å². The third-order valence-corrected chi connectivity index (χ3v) is 6.73. The molecule has 6 amide bonds. The first kappa shape index (κ1) is 39.2. The van der Waals surface area contributed by atoms with E-state index in [1.165, 1.54) is 13.8 Å². The zero-order valence-corrected chi connectivity index (χ0v) is 26.1. The highest BCUT2D eigenvalue weighted by atomic mass is 16.4. The van der Waals surface area contributed by atoms with Crippen LogP contribution in [0.1, 0.15) is 61.8 Å². The van der Waals surface area contributed by atoms with Crippen molar-refractivity contribution in [1.29, 1.82) is 0 Å². The summed E-state index contributed by atoms with van der Waals surface area (Å²) in [5, 5.41) is 33.9. The number of carboxylic acids is 1. The van der Waals surface area contributed by atoms with Crippen LogP contribution in [0, 0.1) is 17.8 Å². The summed E-state index contributed by atoms with van der Waals surface area (Å²) in [7, 11) is 0. The van der Waals surface area contributed by atoms with Gasteiger partial charge in [-0.25, -0.2) is 4.79 Å². The molecule has 0 aliphatic heterocycles. The van der Waals surface area contributed by atoms with E-state index in [2.05, 4.69) is 31.9 Å². The number of aliphatic carboxylic acids is 1. The van der Waals surface area contributed by atoms with Crippen LogP contribution in [-0.4, -0.2) is 101 Å². The van der Waals surface area contributed by atoms with Crippen LogP contribution in [0.4, 0.5) is 0 Å². The van der Waals surface area contributed by atoms with Gasteiger partial charge in [0.1, 0.15) is 30.2 Å². The lowest BCUT2D eigenvalue weighted by atomic mass is 9.96. The molecule has 7 atom stereocenters. The molecule has 0 radical (unpaired) electrons. The minimum absolute atomic E-state index is 0.281. The normalized spacial score (nSPS) is 16.0. The quantitative estimate of drug-likeness (QED) is 0.0772. The summed E-state index contributed by atoms with van der Waals surface area (Å²) in [5.41, 5.74) is 5.36. The van der Waals surface area contributed by atoms with Crippen molar-refractivity contribution in [3.63, 3.8) is 0 Å². The predicted molar refractivity (Wildman–Crippen MR) is 156 cm³/mol. The Morgan fingerprint density at radius 2 is 1.12 bits per heavy atom. The van der Waals surface area contributed by atoms with E-state index >= 15 is 0 Å². The molecule has 0 aliphatic rings. The van der Waals surface area contributed by atoms with E-state index in [-0.39, 0.29) is 12.5 Å². The van der Waals surface area contributed by atoms with Crippen LogP contribution in [0.15, 0.2) is 0 Å². The fraction of sp³-hybridized carbons (Fsp3) is 0.741. The first-order valence-corrected chi connectivity index (χ1v) is 14.3. The number of hydrogen-bond acceptors (Lipinski definition) is 9. The molecule has 10 N–H and O–H groups in total. The molecule has 0 unspecified atom stereocenters. The summed E-state index contributed by atoms with van der Waals surface area (Å²) < 4.78 is 0. The molecule has 0 saturated carbocycles. The predicted octanol–water partition coefficient (Wildman–Crippen LogP) is -2.67. The lowest BCUT2D eigenvalue weighted by Gasteiger charge is -2.29. The molecule has 0 heterocycles. The van der Waals surface area contributed by atoms with E-state index in [9.17, 15) is 43.8 Å². The van der Waals surface area contributed by atoms with Gasteiger partial charge in [0, 0.05) is 0 Å². The summed E-state index contributed by atoms with van der Waals surface area (Å²) in [5.74, 6) is -6.77. The van der Waals surface area contributed by atoms with Gasteiger partial charge >= 0.3 is 5.97 Å². The van der Waals surface area contributed by atoms with E-state index in [1.807, 2.05) is 6.92 Å². The summed E-state index contributed by atoms with van der Waals surface area (Å²) in [6, 6.07) is -5.90. The molecule has 0 rings (SSSR count). The molecule has 0 aliphatic carbocycles. The number of nitrogens with one attached hydrogen (secondary N) is 6. The van der Waals surface area contributed by atoms with Gasteiger partial charge < -0.3 is 47.8 Å². The average Bonchev–Trinajstić information content (AvgIpc) is 2.92. The van der Waals surface area contributed by atoms with Crippen LogP contribution in [0.5, 0.6) is 0 Å². The average molecular weight is 616 g/mol. The summed E-state index contributed by atoms with van der Waals surface area (Å²) in [4.78, 5) is 86.7. The first-order valence-electron chi connectivity index (χ1n) is 14.3. The van der Waals surface area contributed by atoms with Gasteiger partial charge in [0.15, 0.2) is 0 Å². The molecule has 0 aromatic carbocycles. The Morgan fingerprint density at radius 3 is 1.56 bits per heavy atom. The Morgan fingerprint density at radius 1 is 0.628 bits per heavy atom. The van der Waals surface area contributed by atoms with Crippen molar-refractivity contribution in [2.24, 2.45) is 23.5 Å². The second-order valence-electron chi connectivity index (χ2n) is 11.2. The second kappa shape index (κ2) is 18.7. The van der Waals surface area contributed by atoms with Crippen LogP contribution in [0.2, 0.25) is 0 Å². The second-order valence-corrected chi connectivity index (χ2v) is 11.2. The van der Waals surface area contributed by atoms with Gasteiger partial charge in [-0.05, 0) is 31.6 Å². The van der Waals surface area contributed by atoms with Gasteiger partial charge in [-0.1, -0.05) is 48.0 Å². The van der Waals surface area contributed by atoms with Crippen LogP contribution in [-0.2, 0) is 33.6 Å². The van der Waals surface area contributed by atoms with E-state index in [4.69, 9.17) is 5.73 Å². The number of carbonyl (C=O) groups excluding carboxylic acids is 6. The maximum absolute atomic E-state index is 13.1. The van der Waals surface area contributed by atoms with Crippen molar-refractivity contribution in [1.82, 2.24) is 31.9 Å². The molecule has 16 nitrogen and oxygen atoms in total. The van der Waals surface area contributed by atoms with Crippen molar-refractivity contribution in [2.45, 2.75) is 98.1 Å². The molecule has 0 spiro atoms. The smallest absolute Gasteiger partial charge is 0.326 e. The van der Waals surface area contributed by atoms with Crippen molar-refractivity contribution in [3.8, 4) is 0 Å². The van der Waals surface area contributed by atoms with Gasteiger partial charge in [0.2, 0.25) is 35.4 Å². The van der Waals surface area contributed by atoms with Crippen molar-refractivity contribution < 1.29 is 43.8 Å². The lowest BCUT2D eigenvalue weighted by Crippen LogP contribution is -2.61. The fourth-order valence-corrected chi connectivity index (χ4v) is 3.79. The Kier molecular flexibility index (Phi) is 17.0. The molecule has 0 bridgehead atoms. The van der Waals surface area contributed by atoms with Crippen LogP contribution in [0.25, 0.3) is 0 Å². The van der Waals surface area contributed by atoms with Crippen molar-refractivity contribution >= 4 is 41.4 Å². The zero-order chi connectivity index (χ0) is 33.6. The Balaban J connectivity index is 5.36. The Labute approximate surface area is 252 Å². The van der Waals surface area contributed by atoms with Crippen LogP contribution >= 0.6 is 0 Å². The highest BCUT2D eigenvalue weighted by Crippen LogP contribution is 2.11. The minimum Gasteiger partial charge on any atom is -0.480 e. The van der Waals surface area contributed by atoms with E-state index in [1.54, 1.807) is 34.6 Å². The van der Waals surface area contributed by atoms with Crippen LogP contribution in [0.3, 0.4) is 0 Å². The molecule has 0 fully saturated rings. The number of amides is 6. The first-order chi connectivity index (χ1) is 19.9. The zero-order valence-electron chi connectivity index (χ0n) is 26.1. The molecule has 0 aromatic rings. The fourth-order valence-electron chi connectivity index (χ4n) is 3.79. The highest BCUT2D eigenvalue weighted by Gasteiger charge is 2.34. The topological polar surface area (TPSA) is 258 Å². The molecule has 16 heteroatoms. The van der Waals surface area contributed by atoms with Gasteiger partial charge in [0.05, 0.1) is 19.2 Å². The SMILES string of the molecule is CC[C@H](C)[C@H](NC(=O)CN)C(=O)N[C@H](C(=O)N[C@H](C(=O)NCC(=O)N[C@@H](C)C(=O)N[C@H](C(=O)O)C(C)C)[C@@H](C)O)C(C)C. The monoisotopic (exact) mass is 615 g/mol. The lowest BCUT2D eigenvalue weighted by molar-refractivity contribution is -0.143. The van der Waals surface area contributed by atoms with Gasteiger partial charge in [-0.2, -0.15) is 0 Å². The van der Waals surface area contributed by atoms with Gasteiger partial charge in [-0.3, -0.25) is 28.8 Å². The molecule has 0 aromatic heterocycles. The molecule has 0 saturated heterocycles. The Hall–Kier alpha value is -3.79. The molecule has 43 heavy (non-hydrogen) atoms. The molecule has 246 valence electrons. The number of aliphatic hydroxyl groups is 1. The number of carbonyl (C=O) groups is 7. The standard InChI is InChI=1S/C27H49N7O9/c1-9-14(6)21(31-17(36)10-28)26(41)32-19(12(2)3)25(40)34-22(16(8)35)24(39)29-11-18(37)30-15(7)23(38)33-20(13(4)5)27(42)43/h12-16,19-22,35H,9-11,28H2,1-8H3,(H,29,39)(H,30,37)(H,31,36)(H,32,41)(H,33,38)(H,34,40)(H,42,43)/t14-,15-,16+,19-,20-,21-,22-/m0/s1. The number of carboxylic acid groups (broad SMARTS) is 1. The third-order valence-electron chi connectivity index (χ3n) is 6.73. The third kappa shape index (κ3) is 13.4. The number of nitrogens with two attached hydrogens (primary N) is 1. The minimum atomic E-state index is -1.51. The molecular formula is C27H49N7O9. The van der Waals surface area contributed by atoms with Gasteiger partial charge in [0.25, 0.3) is 0 Å².